The minimum atomic E-state index is 0.584. The molecule has 2 rings (SSSR count). The first-order valence-electron chi connectivity index (χ1n) is 5.55. The zero-order valence-electron chi connectivity index (χ0n) is 9.63. The molecule has 0 unspecified atom stereocenters. The highest BCUT2D eigenvalue weighted by Crippen LogP contribution is 2.18. The van der Waals surface area contributed by atoms with Crippen LogP contribution in [0.5, 0.6) is 0 Å². The third-order valence-corrected chi connectivity index (χ3v) is 2.83. The maximum atomic E-state index is 5.15. The van der Waals surface area contributed by atoms with Crippen LogP contribution in [0.25, 0.3) is 0 Å². The lowest BCUT2D eigenvalue weighted by atomic mass is 10.1. The second-order valence-corrected chi connectivity index (χ2v) is 4.72. The van der Waals surface area contributed by atoms with Gasteiger partial charge in [0.1, 0.15) is 0 Å². The van der Waals surface area contributed by atoms with Gasteiger partial charge in [0.25, 0.3) is 0 Å². The van der Waals surface area contributed by atoms with Gasteiger partial charge in [-0.3, -0.25) is 10.9 Å². The third-order valence-electron chi connectivity index (χ3n) is 2.61. The van der Waals surface area contributed by atoms with Gasteiger partial charge in [-0.15, -0.1) is 0 Å². The summed E-state index contributed by atoms with van der Waals surface area (Å²) in [5.74, 6) is 0. The molecule has 0 heterocycles. The molecule has 0 atom stereocenters. The lowest BCUT2D eigenvalue weighted by Gasteiger charge is -2.14. The Kier molecular flexibility index (Phi) is 3.29. The van der Waals surface area contributed by atoms with Crippen LogP contribution < -0.4 is 16.2 Å². The van der Waals surface area contributed by atoms with Crippen LogP contribution in [-0.4, -0.2) is 11.2 Å². The molecule has 0 spiro atoms. The molecule has 0 amide bonds. The fourth-order valence-corrected chi connectivity index (χ4v) is 1.74. The number of benzene rings is 1. The Balaban J connectivity index is 1.85. The van der Waals surface area contributed by atoms with Gasteiger partial charge in [-0.25, -0.2) is 0 Å². The summed E-state index contributed by atoms with van der Waals surface area (Å²) in [6, 6.07) is 6.86. The van der Waals surface area contributed by atoms with Crippen LogP contribution in [0.1, 0.15) is 24.0 Å². The van der Waals surface area contributed by atoms with Crippen molar-refractivity contribution in [1.82, 2.24) is 10.7 Å². The maximum Gasteiger partial charge on any atom is 0.185 e. The highest BCUT2D eigenvalue weighted by molar-refractivity contribution is 7.80. The molecule has 1 aromatic rings. The van der Waals surface area contributed by atoms with Gasteiger partial charge < -0.3 is 5.32 Å². The van der Waals surface area contributed by atoms with E-state index >= 15 is 0 Å². The van der Waals surface area contributed by atoms with E-state index < -0.39 is 0 Å². The number of hydrogen-bond acceptors (Lipinski definition) is 2. The highest BCUT2D eigenvalue weighted by Gasteiger charge is 2.21. The Labute approximate surface area is 102 Å². The van der Waals surface area contributed by atoms with Crippen LogP contribution in [0.15, 0.2) is 18.2 Å². The van der Waals surface area contributed by atoms with E-state index in [1.807, 2.05) is 0 Å². The van der Waals surface area contributed by atoms with Gasteiger partial charge in [-0.1, -0.05) is 17.7 Å². The molecule has 86 valence electrons. The summed E-state index contributed by atoms with van der Waals surface area (Å²) in [5, 5.41) is 3.88. The van der Waals surface area contributed by atoms with E-state index in [1.165, 1.54) is 24.0 Å². The van der Waals surface area contributed by atoms with Crippen LogP contribution in [0, 0.1) is 13.8 Å². The van der Waals surface area contributed by atoms with Crippen LogP contribution in [0.3, 0.4) is 0 Å². The Morgan fingerprint density at radius 3 is 2.69 bits per heavy atom. The summed E-state index contributed by atoms with van der Waals surface area (Å²) in [5.41, 5.74) is 9.66. The lowest BCUT2D eigenvalue weighted by Crippen LogP contribution is -2.39. The van der Waals surface area contributed by atoms with E-state index in [9.17, 15) is 0 Å². The standard InChI is InChI=1S/C12H17N3S/c1-8-3-6-11(9(2)7-8)14-15-12(16)13-10-4-5-10/h3,6-7,10,14H,4-5H2,1-2H3,(H2,13,15,16). The largest absolute Gasteiger partial charge is 0.359 e. The van der Waals surface area contributed by atoms with Crippen molar-refractivity contribution in [3.05, 3.63) is 29.3 Å². The smallest absolute Gasteiger partial charge is 0.185 e. The zero-order valence-corrected chi connectivity index (χ0v) is 10.4. The summed E-state index contributed by atoms with van der Waals surface area (Å²) in [6.07, 6.45) is 2.46. The Morgan fingerprint density at radius 2 is 2.06 bits per heavy atom. The monoisotopic (exact) mass is 235 g/mol. The molecule has 3 nitrogen and oxygen atoms in total. The molecule has 0 aliphatic heterocycles. The molecule has 1 saturated carbocycles. The van der Waals surface area contributed by atoms with Gasteiger partial charge in [0.05, 0.1) is 5.69 Å². The first-order valence-corrected chi connectivity index (χ1v) is 5.96. The summed E-state index contributed by atoms with van der Waals surface area (Å²) in [7, 11) is 0. The fourth-order valence-electron chi connectivity index (χ4n) is 1.53. The van der Waals surface area contributed by atoms with Crippen molar-refractivity contribution in [1.29, 1.82) is 0 Å². The Hall–Kier alpha value is -1.29. The van der Waals surface area contributed by atoms with E-state index in [4.69, 9.17) is 12.2 Å². The van der Waals surface area contributed by atoms with E-state index in [0.717, 1.165) is 5.69 Å². The first kappa shape index (κ1) is 11.2. The van der Waals surface area contributed by atoms with Crippen LogP contribution in [-0.2, 0) is 0 Å². The van der Waals surface area contributed by atoms with Gasteiger partial charge in [0, 0.05) is 6.04 Å². The Morgan fingerprint density at radius 1 is 1.31 bits per heavy atom. The lowest BCUT2D eigenvalue weighted by molar-refractivity contribution is 0.879. The summed E-state index contributed by atoms with van der Waals surface area (Å²) in [6.45, 7) is 4.16. The van der Waals surface area contributed by atoms with Crippen molar-refractivity contribution in [3.8, 4) is 0 Å². The average Bonchev–Trinajstić information content (AvgIpc) is 3.00. The van der Waals surface area contributed by atoms with Crippen molar-refractivity contribution in [2.75, 3.05) is 5.43 Å². The molecule has 0 aromatic heterocycles. The number of nitrogens with one attached hydrogen (secondary N) is 3. The number of hydrazine groups is 1. The van der Waals surface area contributed by atoms with Gasteiger partial charge >= 0.3 is 0 Å². The van der Waals surface area contributed by atoms with Crippen molar-refractivity contribution in [2.45, 2.75) is 32.7 Å². The van der Waals surface area contributed by atoms with Gasteiger partial charge in [0.2, 0.25) is 0 Å². The van der Waals surface area contributed by atoms with Crippen LogP contribution in [0.4, 0.5) is 5.69 Å². The van der Waals surface area contributed by atoms with Crippen molar-refractivity contribution in [3.63, 3.8) is 0 Å². The molecule has 0 bridgehead atoms. The van der Waals surface area contributed by atoms with Gasteiger partial charge in [0.15, 0.2) is 5.11 Å². The summed E-state index contributed by atoms with van der Waals surface area (Å²) < 4.78 is 0. The molecule has 3 N–H and O–H groups in total. The minimum Gasteiger partial charge on any atom is -0.359 e. The molecule has 1 aromatic carbocycles. The number of aryl methyl sites for hydroxylation is 2. The first-order chi connectivity index (χ1) is 7.65. The van der Waals surface area contributed by atoms with E-state index in [0.29, 0.717) is 11.2 Å². The molecule has 0 radical (unpaired) electrons. The zero-order chi connectivity index (χ0) is 11.5. The average molecular weight is 235 g/mol. The van der Waals surface area contributed by atoms with E-state index in [1.54, 1.807) is 0 Å². The van der Waals surface area contributed by atoms with E-state index in [2.05, 4.69) is 48.2 Å². The minimum absolute atomic E-state index is 0.584. The molecule has 0 saturated heterocycles. The SMILES string of the molecule is Cc1ccc(NNC(=S)NC2CC2)c(C)c1. The molecule has 1 aliphatic carbocycles. The van der Waals surface area contributed by atoms with Crippen molar-refractivity contribution < 1.29 is 0 Å². The van der Waals surface area contributed by atoms with Gasteiger partial charge in [-0.2, -0.15) is 0 Å². The number of hydrogen-bond donors (Lipinski definition) is 3. The molecule has 16 heavy (non-hydrogen) atoms. The van der Waals surface area contributed by atoms with Crippen molar-refractivity contribution in [2.24, 2.45) is 0 Å². The Bertz CT molecular complexity index is 399. The second-order valence-electron chi connectivity index (χ2n) is 4.32. The summed E-state index contributed by atoms with van der Waals surface area (Å²) in [4.78, 5) is 0. The molecule has 1 fully saturated rings. The normalized spacial score (nSPS) is 14.4. The highest BCUT2D eigenvalue weighted by atomic mass is 32.1. The number of thiocarbonyl (C=S) groups is 1. The number of anilines is 1. The van der Waals surface area contributed by atoms with Crippen LogP contribution >= 0.6 is 12.2 Å². The number of rotatable bonds is 3. The quantitative estimate of drug-likeness (QED) is 0.555. The summed E-state index contributed by atoms with van der Waals surface area (Å²) >= 11 is 5.15. The molecular weight excluding hydrogens is 218 g/mol. The molecule has 1 aliphatic rings. The second kappa shape index (κ2) is 4.70. The van der Waals surface area contributed by atoms with Crippen LogP contribution in [0.2, 0.25) is 0 Å². The topological polar surface area (TPSA) is 36.1 Å². The molecular formula is C12H17N3S. The predicted molar refractivity (Wildman–Crippen MR) is 71.4 cm³/mol. The van der Waals surface area contributed by atoms with Crippen molar-refractivity contribution >= 4 is 23.0 Å². The predicted octanol–water partition coefficient (Wildman–Crippen LogP) is 2.26. The van der Waals surface area contributed by atoms with Gasteiger partial charge in [-0.05, 0) is 50.5 Å². The maximum absolute atomic E-state index is 5.15. The fraction of sp³-hybridized carbons (Fsp3) is 0.417. The van der Waals surface area contributed by atoms with E-state index in [-0.39, 0.29) is 0 Å². The molecule has 4 heteroatoms. The third kappa shape index (κ3) is 3.10.